The second kappa shape index (κ2) is 15.4. The van der Waals surface area contributed by atoms with Crippen LogP contribution in [-0.2, 0) is 37.0 Å². The number of aryl methyl sites for hydroxylation is 1. The van der Waals surface area contributed by atoms with Gasteiger partial charge in [0.25, 0.3) is 0 Å². The normalized spacial score (nSPS) is 12.2. The Morgan fingerprint density at radius 3 is 2.07 bits per heavy atom. The van der Waals surface area contributed by atoms with Crippen molar-refractivity contribution < 1.29 is 33.3 Å². The molecule has 3 rings (SSSR count). The number of alkyl carbamates (subject to hydrolysis) is 1. The second-order valence-corrected chi connectivity index (χ2v) is 10.8. The van der Waals surface area contributed by atoms with Gasteiger partial charge in [0, 0.05) is 6.42 Å². The molecule has 3 aromatic carbocycles. The Bertz CT molecular complexity index is 1360. The van der Waals surface area contributed by atoms with E-state index in [-0.39, 0.29) is 19.4 Å². The summed E-state index contributed by atoms with van der Waals surface area (Å²) in [5.41, 5.74) is 3.53. The molecule has 0 saturated carbocycles. The topological polar surface area (TPSA) is 100 Å². The number of esters is 2. The minimum Gasteiger partial charge on any atom is -0.489 e. The van der Waals surface area contributed by atoms with E-state index in [0.29, 0.717) is 17.9 Å². The van der Waals surface area contributed by atoms with Crippen molar-refractivity contribution in [1.29, 1.82) is 0 Å². The Kier molecular flexibility index (Phi) is 11.7. The number of carbonyl (C=O) groups excluding carboxylic acids is 3. The summed E-state index contributed by atoms with van der Waals surface area (Å²) in [5, 5.41) is 2.62. The van der Waals surface area contributed by atoms with Crippen LogP contribution in [0.5, 0.6) is 5.75 Å². The first kappa shape index (κ1) is 31.9. The molecule has 1 amide bonds. The van der Waals surface area contributed by atoms with Crippen LogP contribution < -0.4 is 10.1 Å². The number of methoxy groups -OCH3 is 1. The van der Waals surface area contributed by atoms with Crippen LogP contribution in [0.2, 0.25) is 0 Å². The molecule has 0 heterocycles. The van der Waals surface area contributed by atoms with Gasteiger partial charge in [-0.1, -0.05) is 72.8 Å². The highest BCUT2D eigenvalue weighted by atomic mass is 16.6. The zero-order chi connectivity index (χ0) is 30.5. The van der Waals surface area contributed by atoms with Gasteiger partial charge in [-0.15, -0.1) is 0 Å². The average molecular weight is 574 g/mol. The van der Waals surface area contributed by atoms with Crippen LogP contribution in [0.4, 0.5) is 4.79 Å². The quantitative estimate of drug-likeness (QED) is 0.194. The molecule has 1 atom stereocenters. The van der Waals surface area contributed by atoms with Gasteiger partial charge in [-0.05, 0) is 67.7 Å². The molecule has 0 fully saturated rings. The molecule has 8 heteroatoms. The third kappa shape index (κ3) is 10.8. The van der Waals surface area contributed by atoms with E-state index in [9.17, 15) is 14.4 Å². The minimum atomic E-state index is -1.06. The van der Waals surface area contributed by atoms with Gasteiger partial charge in [0.1, 0.15) is 30.6 Å². The maximum Gasteiger partial charge on any atom is 0.408 e. The van der Waals surface area contributed by atoms with Crippen molar-refractivity contribution in [2.75, 3.05) is 7.11 Å². The third-order valence-electron chi connectivity index (χ3n) is 6.14. The molecule has 42 heavy (non-hydrogen) atoms. The summed E-state index contributed by atoms with van der Waals surface area (Å²) >= 11 is 0. The van der Waals surface area contributed by atoms with E-state index in [2.05, 4.69) is 5.32 Å². The predicted octanol–water partition coefficient (Wildman–Crippen LogP) is 6.55. The van der Waals surface area contributed by atoms with Crippen LogP contribution in [0.1, 0.15) is 55.9 Å². The van der Waals surface area contributed by atoms with Gasteiger partial charge in [-0.3, -0.25) is 4.79 Å². The molecule has 1 unspecified atom stereocenters. The summed E-state index contributed by atoms with van der Waals surface area (Å²) < 4.78 is 21.8. The molecule has 222 valence electrons. The molecule has 8 nitrogen and oxygen atoms in total. The van der Waals surface area contributed by atoms with Crippen LogP contribution in [0.15, 0.2) is 84.9 Å². The number of carbonyl (C=O) groups is 3. The van der Waals surface area contributed by atoms with Gasteiger partial charge in [0.2, 0.25) is 0 Å². The first-order valence-electron chi connectivity index (χ1n) is 13.8. The maximum atomic E-state index is 12.7. The SMILES string of the molecule is COC(=O)C(C/C(=C/CC(=O)OC(C)(C)C)c1ccc(OCc2ccccc2)cc1C)NC(=O)OCc1ccccc1. The Morgan fingerprint density at radius 2 is 1.50 bits per heavy atom. The summed E-state index contributed by atoms with van der Waals surface area (Å²) in [6, 6.07) is 23.6. The van der Waals surface area contributed by atoms with E-state index in [0.717, 1.165) is 22.3 Å². The first-order valence-corrected chi connectivity index (χ1v) is 13.8. The van der Waals surface area contributed by atoms with Gasteiger partial charge in [0.05, 0.1) is 13.5 Å². The fraction of sp³-hybridized carbons (Fsp3) is 0.324. The highest BCUT2D eigenvalue weighted by Gasteiger charge is 2.25. The summed E-state index contributed by atoms with van der Waals surface area (Å²) in [6.07, 6.45) is 0.988. The lowest BCUT2D eigenvalue weighted by atomic mass is 9.93. The van der Waals surface area contributed by atoms with Gasteiger partial charge in [0.15, 0.2) is 0 Å². The Morgan fingerprint density at radius 1 is 0.881 bits per heavy atom. The smallest absolute Gasteiger partial charge is 0.408 e. The van der Waals surface area contributed by atoms with E-state index >= 15 is 0 Å². The highest BCUT2D eigenvalue weighted by molar-refractivity contribution is 5.85. The largest absolute Gasteiger partial charge is 0.489 e. The number of amides is 1. The summed E-state index contributed by atoms with van der Waals surface area (Å²) in [6.45, 7) is 7.77. The van der Waals surface area contributed by atoms with Crippen LogP contribution in [0.25, 0.3) is 5.57 Å². The number of rotatable bonds is 12. The van der Waals surface area contributed by atoms with Gasteiger partial charge >= 0.3 is 18.0 Å². The van der Waals surface area contributed by atoms with Crippen molar-refractivity contribution >= 4 is 23.6 Å². The van der Waals surface area contributed by atoms with E-state index in [1.165, 1.54) is 7.11 Å². The molecule has 0 aliphatic rings. The van der Waals surface area contributed by atoms with Crippen LogP contribution in [0, 0.1) is 6.92 Å². The first-order chi connectivity index (χ1) is 20.0. The summed E-state index contributed by atoms with van der Waals surface area (Å²) in [5.74, 6) is -0.376. The third-order valence-corrected chi connectivity index (χ3v) is 6.14. The van der Waals surface area contributed by atoms with E-state index < -0.39 is 29.7 Å². The van der Waals surface area contributed by atoms with Gasteiger partial charge in [-0.2, -0.15) is 0 Å². The lowest BCUT2D eigenvalue weighted by Crippen LogP contribution is -2.42. The molecule has 0 aliphatic heterocycles. The molecule has 0 spiro atoms. The Hall–Kier alpha value is -4.59. The maximum absolute atomic E-state index is 12.7. The number of hydrogen-bond donors (Lipinski definition) is 1. The van der Waals surface area contributed by atoms with Crippen molar-refractivity contribution in [3.8, 4) is 5.75 Å². The molecular weight excluding hydrogens is 534 g/mol. The lowest BCUT2D eigenvalue weighted by Gasteiger charge is -2.21. The van der Waals surface area contributed by atoms with Crippen LogP contribution in [-0.4, -0.2) is 36.8 Å². The summed E-state index contributed by atoms with van der Waals surface area (Å²) in [7, 11) is 1.25. The van der Waals surface area contributed by atoms with Crippen molar-refractivity contribution in [1.82, 2.24) is 5.32 Å². The molecule has 0 aromatic heterocycles. The molecule has 0 aliphatic carbocycles. The fourth-order valence-corrected chi connectivity index (χ4v) is 4.18. The average Bonchev–Trinajstić information content (AvgIpc) is 2.96. The number of hydrogen-bond acceptors (Lipinski definition) is 7. The van der Waals surface area contributed by atoms with Crippen molar-refractivity contribution in [3.05, 3.63) is 107 Å². The van der Waals surface area contributed by atoms with Gasteiger partial charge in [-0.25, -0.2) is 9.59 Å². The second-order valence-electron chi connectivity index (χ2n) is 10.8. The molecule has 0 radical (unpaired) electrons. The number of nitrogens with one attached hydrogen (secondary N) is 1. The lowest BCUT2D eigenvalue weighted by molar-refractivity contribution is -0.153. The Balaban J connectivity index is 1.81. The standard InChI is InChI=1S/C34H39NO7/c1-24-20-28(40-22-25-12-8-6-9-13-25)17-18-29(24)27(16-19-31(36)42-34(2,3)4)21-30(32(37)39-5)35-33(38)41-23-26-14-10-7-11-15-26/h6-18,20,30H,19,21-23H2,1-5H3,(H,35,38)/b27-16-. The highest BCUT2D eigenvalue weighted by Crippen LogP contribution is 2.28. The molecule has 1 N–H and O–H groups in total. The zero-order valence-corrected chi connectivity index (χ0v) is 24.8. The molecular formula is C34H39NO7. The molecule has 0 bridgehead atoms. The van der Waals surface area contributed by atoms with Crippen LogP contribution >= 0.6 is 0 Å². The fourth-order valence-electron chi connectivity index (χ4n) is 4.18. The van der Waals surface area contributed by atoms with Crippen molar-refractivity contribution in [2.24, 2.45) is 0 Å². The van der Waals surface area contributed by atoms with Crippen LogP contribution in [0.3, 0.4) is 0 Å². The predicted molar refractivity (Wildman–Crippen MR) is 161 cm³/mol. The van der Waals surface area contributed by atoms with Crippen molar-refractivity contribution in [3.63, 3.8) is 0 Å². The van der Waals surface area contributed by atoms with E-state index in [1.807, 2.05) is 85.8 Å². The van der Waals surface area contributed by atoms with E-state index in [4.69, 9.17) is 18.9 Å². The zero-order valence-electron chi connectivity index (χ0n) is 24.8. The molecule has 0 saturated heterocycles. The summed E-state index contributed by atoms with van der Waals surface area (Å²) in [4.78, 5) is 37.9. The number of benzene rings is 3. The number of ether oxygens (including phenoxy) is 4. The van der Waals surface area contributed by atoms with Crippen molar-refractivity contribution in [2.45, 2.75) is 65.4 Å². The monoisotopic (exact) mass is 573 g/mol. The van der Waals surface area contributed by atoms with E-state index in [1.54, 1.807) is 26.8 Å². The Labute approximate surface area is 247 Å². The minimum absolute atomic E-state index is 0.0232. The molecule has 3 aromatic rings. The van der Waals surface area contributed by atoms with Gasteiger partial charge < -0.3 is 24.3 Å².